The summed E-state index contributed by atoms with van der Waals surface area (Å²) in [5.74, 6) is -0.839. The van der Waals surface area contributed by atoms with Gasteiger partial charge in [0.25, 0.3) is 0 Å². The normalized spacial score (nSPS) is 12.6. The zero-order valence-corrected chi connectivity index (χ0v) is 13.4. The van der Waals surface area contributed by atoms with Crippen molar-refractivity contribution >= 4 is 5.97 Å². The zero-order chi connectivity index (χ0) is 15.2. The second kappa shape index (κ2) is 4.66. The summed E-state index contributed by atoms with van der Waals surface area (Å²) in [5, 5.41) is 9.44. The van der Waals surface area contributed by atoms with Crippen molar-refractivity contribution in [3.05, 3.63) is 33.9 Å². The highest BCUT2D eigenvalue weighted by molar-refractivity contribution is 5.90. The molecule has 2 heteroatoms. The Bertz CT molecular complexity index is 512. The van der Waals surface area contributed by atoms with Crippen molar-refractivity contribution in [1.82, 2.24) is 0 Å². The van der Waals surface area contributed by atoms with Crippen molar-refractivity contribution < 1.29 is 9.90 Å². The van der Waals surface area contributed by atoms with E-state index in [4.69, 9.17) is 0 Å². The second-order valence-electron chi connectivity index (χ2n) is 7.40. The first-order valence-electron chi connectivity index (χ1n) is 6.76. The van der Waals surface area contributed by atoms with Crippen LogP contribution in [0.5, 0.6) is 0 Å². The Morgan fingerprint density at radius 1 is 0.947 bits per heavy atom. The highest BCUT2D eigenvalue weighted by Gasteiger charge is 2.28. The maximum atomic E-state index is 11.5. The molecule has 1 aromatic rings. The highest BCUT2D eigenvalue weighted by atomic mass is 16.4. The van der Waals surface area contributed by atoms with Crippen LogP contribution in [0.4, 0.5) is 0 Å². The van der Waals surface area contributed by atoms with Crippen LogP contribution in [0, 0.1) is 13.8 Å². The minimum atomic E-state index is -0.839. The average Bonchev–Trinajstić information content (AvgIpc) is 2.12. The van der Waals surface area contributed by atoms with Crippen LogP contribution in [-0.4, -0.2) is 11.1 Å². The molecule has 0 aliphatic carbocycles. The number of carboxylic acid groups (broad SMARTS) is 1. The van der Waals surface area contributed by atoms with Crippen molar-refractivity contribution in [3.8, 4) is 0 Å². The van der Waals surface area contributed by atoms with E-state index in [9.17, 15) is 9.90 Å². The Morgan fingerprint density at radius 2 is 1.42 bits per heavy atom. The number of aromatic carboxylic acids is 1. The van der Waals surface area contributed by atoms with Gasteiger partial charge in [-0.05, 0) is 53.0 Å². The van der Waals surface area contributed by atoms with Gasteiger partial charge in [0.1, 0.15) is 0 Å². The fraction of sp³-hybridized carbons (Fsp3) is 0.588. The van der Waals surface area contributed by atoms with Crippen LogP contribution in [-0.2, 0) is 10.8 Å². The van der Waals surface area contributed by atoms with Gasteiger partial charge in [0.2, 0.25) is 0 Å². The van der Waals surface area contributed by atoms with Gasteiger partial charge in [-0.2, -0.15) is 0 Å². The Morgan fingerprint density at radius 3 is 1.74 bits per heavy atom. The van der Waals surface area contributed by atoms with Crippen LogP contribution in [0.15, 0.2) is 6.07 Å². The fourth-order valence-electron chi connectivity index (χ4n) is 3.04. The highest BCUT2D eigenvalue weighted by Crippen LogP contribution is 2.37. The van der Waals surface area contributed by atoms with Crippen molar-refractivity contribution in [3.63, 3.8) is 0 Å². The summed E-state index contributed by atoms with van der Waals surface area (Å²) in [6.07, 6.45) is 0. The summed E-state index contributed by atoms with van der Waals surface area (Å²) >= 11 is 0. The van der Waals surface area contributed by atoms with E-state index in [2.05, 4.69) is 48.5 Å². The fourth-order valence-corrected chi connectivity index (χ4v) is 3.04. The molecule has 19 heavy (non-hydrogen) atoms. The van der Waals surface area contributed by atoms with Crippen molar-refractivity contribution in [2.45, 2.75) is 66.2 Å². The molecule has 0 aromatic heterocycles. The van der Waals surface area contributed by atoms with Gasteiger partial charge < -0.3 is 5.11 Å². The van der Waals surface area contributed by atoms with E-state index in [1.54, 1.807) is 0 Å². The van der Waals surface area contributed by atoms with E-state index < -0.39 is 5.97 Å². The zero-order valence-electron chi connectivity index (χ0n) is 13.4. The van der Waals surface area contributed by atoms with Gasteiger partial charge in [0.05, 0.1) is 5.56 Å². The topological polar surface area (TPSA) is 37.3 Å². The number of carboxylic acids is 1. The Kier molecular flexibility index (Phi) is 3.86. The smallest absolute Gasteiger partial charge is 0.335 e. The predicted molar refractivity (Wildman–Crippen MR) is 80.3 cm³/mol. The molecule has 0 unspecified atom stereocenters. The molecule has 0 amide bonds. The molecule has 0 saturated heterocycles. The van der Waals surface area contributed by atoms with Crippen molar-refractivity contribution in [1.29, 1.82) is 0 Å². The summed E-state index contributed by atoms with van der Waals surface area (Å²) < 4.78 is 0. The molecule has 0 heterocycles. The summed E-state index contributed by atoms with van der Waals surface area (Å²) in [7, 11) is 0. The number of benzene rings is 1. The first-order valence-corrected chi connectivity index (χ1v) is 6.76. The monoisotopic (exact) mass is 262 g/mol. The summed E-state index contributed by atoms with van der Waals surface area (Å²) in [6.45, 7) is 16.8. The van der Waals surface area contributed by atoms with E-state index >= 15 is 0 Å². The molecular weight excluding hydrogens is 236 g/mol. The molecule has 0 aliphatic heterocycles. The molecule has 0 spiro atoms. The van der Waals surface area contributed by atoms with E-state index in [1.165, 1.54) is 5.56 Å². The molecule has 0 fully saturated rings. The van der Waals surface area contributed by atoms with Crippen LogP contribution >= 0.6 is 0 Å². The lowest BCUT2D eigenvalue weighted by Gasteiger charge is -2.31. The third-order valence-electron chi connectivity index (χ3n) is 3.64. The van der Waals surface area contributed by atoms with Gasteiger partial charge >= 0.3 is 5.97 Å². The molecule has 0 bridgehead atoms. The van der Waals surface area contributed by atoms with Crippen LogP contribution in [0.1, 0.15) is 74.2 Å². The molecule has 0 saturated carbocycles. The summed E-state index contributed by atoms with van der Waals surface area (Å²) in [6, 6.07) is 1.85. The molecular formula is C17H26O2. The largest absolute Gasteiger partial charge is 0.478 e. The molecule has 0 radical (unpaired) electrons. The average molecular weight is 262 g/mol. The van der Waals surface area contributed by atoms with E-state index in [0.29, 0.717) is 5.56 Å². The number of rotatable bonds is 1. The van der Waals surface area contributed by atoms with Crippen molar-refractivity contribution in [2.24, 2.45) is 0 Å². The first kappa shape index (κ1) is 15.7. The number of hydrogen-bond acceptors (Lipinski definition) is 1. The Labute approximate surface area is 116 Å². The molecule has 1 aromatic carbocycles. The van der Waals surface area contributed by atoms with Gasteiger partial charge in [-0.25, -0.2) is 4.79 Å². The van der Waals surface area contributed by atoms with Crippen molar-refractivity contribution in [2.75, 3.05) is 0 Å². The van der Waals surface area contributed by atoms with Gasteiger partial charge in [-0.15, -0.1) is 0 Å². The standard InChI is InChI=1S/C17H26O2/c1-10-12(15(18)19)9-13(16(3,4)5)11(2)14(10)17(6,7)8/h9H,1-8H3,(H,18,19). The van der Waals surface area contributed by atoms with Gasteiger partial charge in [-0.1, -0.05) is 41.5 Å². The number of hydrogen-bond donors (Lipinski definition) is 1. The van der Waals surface area contributed by atoms with Crippen LogP contribution < -0.4 is 0 Å². The minimum absolute atomic E-state index is 0.0536. The van der Waals surface area contributed by atoms with E-state index in [1.807, 2.05) is 13.0 Å². The molecule has 106 valence electrons. The quantitative estimate of drug-likeness (QED) is 0.803. The van der Waals surface area contributed by atoms with Crippen LogP contribution in [0.2, 0.25) is 0 Å². The van der Waals surface area contributed by atoms with Gasteiger partial charge in [0.15, 0.2) is 0 Å². The minimum Gasteiger partial charge on any atom is -0.478 e. The second-order valence-corrected chi connectivity index (χ2v) is 7.40. The van der Waals surface area contributed by atoms with E-state index in [0.717, 1.165) is 16.7 Å². The third kappa shape index (κ3) is 2.99. The molecule has 1 rings (SSSR count). The lowest BCUT2D eigenvalue weighted by Crippen LogP contribution is -2.23. The third-order valence-corrected chi connectivity index (χ3v) is 3.64. The Hall–Kier alpha value is -1.31. The summed E-state index contributed by atoms with van der Waals surface area (Å²) in [5.41, 5.74) is 4.73. The molecule has 0 aliphatic rings. The molecule has 2 nitrogen and oxygen atoms in total. The first-order chi connectivity index (χ1) is 8.37. The van der Waals surface area contributed by atoms with Gasteiger partial charge in [-0.3, -0.25) is 0 Å². The predicted octanol–water partition coefficient (Wildman–Crippen LogP) is 4.60. The lowest BCUT2D eigenvalue weighted by molar-refractivity contribution is 0.0695. The van der Waals surface area contributed by atoms with E-state index in [-0.39, 0.29) is 10.8 Å². The molecule has 1 N–H and O–H groups in total. The maximum absolute atomic E-state index is 11.5. The van der Waals surface area contributed by atoms with Crippen LogP contribution in [0.3, 0.4) is 0 Å². The van der Waals surface area contributed by atoms with Gasteiger partial charge in [0, 0.05) is 0 Å². The maximum Gasteiger partial charge on any atom is 0.335 e. The number of carbonyl (C=O) groups is 1. The SMILES string of the molecule is Cc1c(C(=O)O)cc(C(C)(C)C)c(C)c1C(C)(C)C. The van der Waals surface area contributed by atoms with Crippen LogP contribution in [0.25, 0.3) is 0 Å². The molecule has 0 atom stereocenters. The lowest BCUT2D eigenvalue weighted by atomic mass is 9.73. The Balaban J connectivity index is 3.82. The summed E-state index contributed by atoms with van der Waals surface area (Å²) in [4.78, 5) is 11.5.